The molecule has 0 aliphatic carbocycles. The molecule has 2 amide bonds. The Hall–Kier alpha value is -5.10. The number of amides is 2. The first-order chi connectivity index (χ1) is 18.3. The van der Waals surface area contributed by atoms with Gasteiger partial charge in [-0.15, -0.1) is 0 Å². The average molecular weight is 577 g/mol. The fourth-order valence-corrected chi connectivity index (χ4v) is 3.57. The van der Waals surface area contributed by atoms with Gasteiger partial charge in [-0.05, 0) is 54.6 Å². The standard InChI is InChI=1S/C26H17BrN4O7/c27-18-9-12-22(38-26(34)16-7-10-19(11-8-16)31(35)36)17(14-18)15-28-30-24(32)20-4-1-2-5-21(20)29-25(33)23-6-3-13-37-23/h1-15H,(H,29,33)(H,30,32)/b28-15-. The molecule has 4 rings (SSSR count). The van der Waals surface area contributed by atoms with Crippen LogP contribution in [0.2, 0.25) is 0 Å². The van der Waals surface area contributed by atoms with E-state index >= 15 is 0 Å². The molecule has 0 aliphatic rings. The number of carbonyl (C=O) groups is 3. The molecule has 0 spiro atoms. The molecule has 0 saturated heterocycles. The normalized spacial score (nSPS) is 10.7. The first-order valence-electron chi connectivity index (χ1n) is 10.9. The van der Waals surface area contributed by atoms with Gasteiger partial charge in [0.05, 0.1) is 34.2 Å². The number of hydrogen-bond donors (Lipinski definition) is 2. The number of hydrogen-bond acceptors (Lipinski definition) is 8. The van der Waals surface area contributed by atoms with E-state index in [1.807, 2.05) is 0 Å². The van der Waals surface area contributed by atoms with Crippen molar-refractivity contribution in [3.8, 4) is 5.75 Å². The lowest BCUT2D eigenvalue weighted by molar-refractivity contribution is -0.384. The number of non-ortho nitro benzene ring substituents is 1. The zero-order valence-electron chi connectivity index (χ0n) is 19.3. The summed E-state index contributed by atoms with van der Waals surface area (Å²) in [4.78, 5) is 47.9. The summed E-state index contributed by atoms with van der Waals surface area (Å²) in [6.07, 6.45) is 2.65. The predicted molar refractivity (Wildman–Crippen MR) is 140 cm³/mol. The molecule has 0 radical (unpaired) electrons. The highest BCUT2D eigenvalue weighted by Gasteiger charge is 2.16. The summed E-state index contributed by atoms with van der Waals surface area (Å²) in [5.41, 5.74) is 3.10. The Morgan fingerprint density at radius 2 is 1.74 bits per heavy atom. The van der Waals surface area contributed by atoms with Crippen LogP contribution in [0.15, 0.2) is 99.1 Å². The molecule has 0 fully saturated rings. The Morgan fingerprint density at radius 3 is 2.45 bits per heavy atom. The maximum absolute atomic E-state index is 12.8. The molecule has 4 aromatic rings. The highest BCUT2D eigenvalue weighted by Crippen LogP contribution is 2.23. The van der Waals surface area contributed by atoms with E-state index in [2.05, 4.69) is 31.8 Å². The minimum absolute atomic E-state index is 0.0867. The second-order valence-electron chi connectivity index (χ2n) is 7.55. The zero-order valence-corrected chi connectivity index (χ0v) is 20.9. The van der Waals surface area contributed by atoms with E-state index in [4.69, 9.17) is 9.15 Å². The Balaban J connectivity index is 1.46. The van der Waals surface area contributed by atoms with Crippen molar-refractivity contribution in [3.63, 3.8) is 0 Å². The van der Waals surface area contributed by atoms with Gasteiger partial charge < -0.3 is 14.5 Å². The fraction of sp³-hybridized carbons (Fsp3) is 0. The van der Waals surface area contributed by atoms with Crippen molar-refractivity contribution in [2.75, 3.05) is 5.32 Å². The Morgan fingerprint density at radius 1 is 0.974 bits per heavy atom. The zero-order chi connectivity index (χ0) is 27.1. The average Bonchev–Trinajstić information content (AvgIpc) is 3.46. The second-order valence-corrected chi connectivity index (χ2v) is 8.47. The molecule has 1 heterocycles. The first-order valence-corrected chi connectivity index (χ1v) is 11.6. The second kappa shape index (κ2) is 11.8. The molecule has 0 atom stereocenters. The quantitative estimate of drug-likeness (QED) is 0.0961. The Bertz CT molecular complexity index is 1530. The molecular weight excluding hydrogens is 560 g/mol. The molecule has 11 nitrogen and oxygen atoms in total. The van der Waals surface area contributed by atoms with Gasteiger partial charge in [0.1, 0.15) is 5.75 Å². The van der Waals surface area contributed by atoms with Gasteiger partial charge in [-0.3, -0.25) is 19.7 Å². The fourth-order valence-electron chi connectivity index (χ4n) is 3.19. The third-order valence-electron chi connectivity index (χ3n) is 5.02. The third-order valence-corrected chi connectivity index (χ3v) is 5.52. The smallest absolute Gasteiger partial charge is 0.343 e. The van der Waals surface area contributed by atoms with Gasteiger partial charge in [0.25, 0.3) is 17.5 Å². The molecule has 190 valence electrons. The van der Waals surface area contributed by atoms with Crippen LogP contribution in [0, 0.1) is 10.1 Å². The van der Waals surface area contributed by atoms with E-state index < -0.39 is 22.7 Å². The van der Waals surface area contributed by atoms with Gasteiger partial charge in [-0.25, -0.2) is 10.2 Å². The minimum atomic E-state index is -0.734. The van der Waals surface area contributed by atoms with Crippen LogP contribution in [0.3, 0.4) is 0 Å². The van der Waals surface area contributed by atoms with Gasteiger partial charge >= 0.3 is 5.97 Å². The number of ether oxygens (including phenoxy) is 1. The van der Waals surface area contributed by atoms with Crippen molar-refractivity contribution in [2.45, 2.75) is 0 Å². The van der Waals surface area contributed by atoms with Crippen molar-refractivity contribution in [1.82, 2.24) is 5.43 Å². The van der Waals surface area contributed by atoms with Crippen LogP contribution in [0.25, 0.3) is 0 Å². The summed E-state index contributed by atoms with van der Waals surface area (Å²) in [6, 6.07) is 19.2. The molecule has 0 saturated carbocycles. The lowest BCUT2D eigenvalue weighted by atomic mass is 10.1. The molecule has 12 heteroatoms. The Labute approximate surface area is 223 Å². The molecule has 0 aliphatic heterocycles. The van der Waals surface area contributed by atoms with Gasteiger partial charge in [0.15, 0.2) is 5.76 Å². The minimum Gasteiger partial charge on any atom is -0.459 e. The van der Waals surface area contributed by atoms with Crippen molar-refractivity contribution in [1.29, 1.82) is 0 Å². The van der Waals surface area contributed by atoms with Crippen LogP contribution in [0.4, 0.5) is 11.4 Å². The monoisotopic (exact) mass is 576 g/mol. The van der Waals surface area contributed by atoms with Crippen molar-refractivity contribution >= 4 is 51.3 Å². The molecule has 1 aromatic heterocycles. The summed E-state index contributed by atoms with van der Waals surface area (Å²) in [6.45, 7) is 0. The first kappa shape index (κ1) is 26.0. The van der Waals surface area contributed by atoms with E-state index in [0.29, 0.717) is 10.0 Å². The van der Waals surface area contributed by atoms with Gasteiger partial charge in [-0.2, -0.15) is 5.10 Å². The van der Waals surface area contributed by atoms with E-state index in [0.717, 1.165) is 0 Å². The maximum Gasteiger partial charge on any atom is 0.343 e. The van der Waals surface area contributed by atoms with Gasteiger partial charge in [0, 0.05) is 22.2 Å². The van der Waals surface area contributed by atoms with Crippen molar-refractivity contribution in [3.05, 3.63) is 122 Å². The number of para-hydroxylation sites is 1. The molecule has 3 aromatic carbocycles. The number of nitro benzene ring substituents is 1. The van der Waals surface area contributed by atoms with E-state index in [1.165, 1.54) is 54.9 Å². The van der Waals surface area contributed by atoms with Crippen LogP contribution in [-0.4, -0.2) is 28.9 Å². The number of anilines is 1. The molecular formula is C26H17BrN4O7. The number of esters is 1. The summed E-state index contributed by atoms with van der Waals surface area (Å²) < 4.78 is 11.2. The number of nitrogens with zero attached hydrogens (tertiary/aromatic N) is 2. The number of nitrogens with one attached hydrogen (secondary N) is 2. The number of rotatable bonds is 8. The van der Waals surface area contributed by atoms with Crippen molar-refractivity contribution in [2.24, 2.45) is 5.10 Å². The highest BCUT2D eigenvalue weighted by atomic mass is 79.9. The molecule has 2 N–H and O–H groups in total. The highest BCUT2D eigenvalue weighted by molar-refractivity contribution is 9.10. The summed E-state index contributed by atoms with van der Waals surface area (Å²) >= 11 is 3.33. The molecule has 0 bridgehead atoms. The maximum atomic E-state index is 12.8. The van der Waals surface area contributed by atoms with Crippen LogP contribution in [0.1, 0.15) is 36.8 Å². The number of benzene rings is 3. The lowest BCUT2D eigenvalue weighted by Gasteiger charge is -2.09. The number of hydrazone groups is 1. The number of nitro groups is 1. The van der Waals surface area contributed by atoms with Crippen molar-refractivity contribution < 1.29 is 28.5 Å². The summed E-state index contributed by atoms with van der Waals surface area (Å²) in [5.74, 6) is -1.63. The van der Waals surface area contributed by atoms with Crippen LogP contribution >= 0.6 is 15.9 Å². The largest absolute Gasteiger partial charge is 0.459 e. The SMILES string of the molecule is O=C(Oc1ccc(Br)cc1/C=N\NC(=O)c1ccccc1NC(=O)c1ccco1)c1ccc([N+](=O)[O-])cc1. The number of halogens is 1. The van der Waals surface area contributed by atoms with E-state index in [1.54, 1.807) is 36.4 Å². The van der Waals surface area contributed by atoms with Crippen LogP contribution in [-0.2, 0) is 0 Å². The predicted octanol–water partition coefficient (Wildman–Crippen LogP) is 5.19. The molecule has 38 heavy (non-hydrogen) atoms. The van der Waals surface area contributed by atoms with Gasteiger partial charge in [-0.1, -0.05) is 28.1 Å². The van der Waals surface area contributed by atoms with E-state index in [9.17, 15) is 24.5 Å². The van der Waals surface area contributed by atoms with E-state index in [-0.39, 0.29) is 34.0 Å². The summed E-state index contributed by atoms with van der Waals surface area (Å²) in [7, 11) is 0. The number of furan rings is 1. The van der Waals surface area contributed by atoms with Crippen LogP contribution in [0.5, 0.6) is 5.75 Å². The van der Waals surface area contributed by atoms with Gasteiger partial charge in [0.2, 0.25) is 0 Å². The number of carbonyl (C=O) groups excluding carboxylic acids is 3. The molecule has 0 unspecified atom stereocenters. The summed E-state index contributed by atoms with van der Waals surface area (Å²) in [5, 5.41) is 17.4. The topological polar surface area (TPSA) is 153 Å². The van der Waals surface area contributed by atoms with Crippen LogP contribution < -0.4 is 15.5 Å². The third kappa shape index (κ3) is 6.36. The lowest BCUT2D eigenvalue weighted by Crippen LogP contribution is -2.21. The Kier molecular flexibility index (Phi) is 8.04.